The van der Waals surface area contributed by atoms with Crippen LogP contribution in [0.3, 0.4) is 0 Å². The average molecular weight is 204 g/mol. The van der Waals surface area contributed by atoms with Gasteiger partial charge in [0.15, 0.2) is 0 Å². The van der Waals surface area contributed by atoms with E-state index in [2.05, 4.69) is 11.4 Å². The fraction of sp³-hybridized carbons (Fsp3) is 0.417. The molecule has 15 heavy (non-hydrogen) atoms. The van der Waals surface area contributed by atoms with Crippen molar-refractivity contribution in [3.8, 4) is 11.8 Å². The van der Waals surface area contributed by atoms with Gasteiger partial charge in [-0.25, -0.2) is 0 Å². The lowest BCUT2D eigenvalue weighted by Crippen LogP contribution is -2.19. The molecule has 0 heterocycles. The lowest BCUT2D eigenvalue weighted by atomic mass is 10.0. The molecular weight excluding hydrogens is 188 g/mol. The van der Waals surface area contributed by atoms with Crippen LogP contribution in [0.4, 0.5) is 0 Å². The predicted octanol–water partition coefficient (Wildman–Crippen LogP) is 2.18. The first-order valence-electron chi connectivity index (χ1n) is 5.03. The maximum Gasteiger partial charge on any atom is 0.121 e. The molecule has 1 aromatic rings. The van der Waals surface area contributed by atoms with E-state index in [1.54, 1.807) is 0 Å². The van der Waals surface area contributed by atoms with E-state index < -0.39 is 0 Å². The van der Waals surface area contributed by atoms with E-state index in [9.17, 15) is 5.11 Å². The normalized spacial score (nSPS) is 12.1. The molecule has 0 radical (unpaired) electrons. The monoisotopic (exact) mass is 204 g/mol. The van der Waals surface area contributed by atoms with Gasteiger partial charge < -0.3 is 5.11 Å². The second kappa shape index (κ2) is 4.81. The lowest BCUT2D eigenvalue weighted by Gasteiger charge is -2.13. The maximum absolute atomic E-state index is 9.61. The summed E-state index contributed by atoms with van der Waals surface area (Å²) in [4.78, 5) is 0. The fourth-order valence-corrected chi connectivity index (χ4v) is 1.60. The molecule has 1 unspecified atom stereocenters. The average Bonchev–Trinajstić information content (AvgIpc) is 2.22. The molecule has 0 bridgehead atoms. The van der Waals surface area contributed by atoms with Crippen LogP contribution in [0.1, 0.15) is 29.7 Å². The Morgan fingerprint density at radius 1 is 1.40 bits per heavy atom. The molecule has 1 rings (SSSR count). The summed E-state index contributed by atoms with van der Waals surface area (Å²) in [6, 6.07) is 5.59. The number of rotatable bonds is 3. The molecular formula is C12H16N2O. The molecule has 0 aliphatic heterocycles. The van der Waals surface area contributed by atoms with Gasteiger partial charge in [0.25, 0.3) is 0 Å². The Labute approximate surface area is 90.4 Å². The molecule has 80 valence electrons. The molecule has 0 spiro atoms. The summed E-state index contributed by atoms with van der Waals surface area (Å²) in [5.41, 5.74) is 2.53. The van der Waals surface area contributed by atoms with Crippen molar-refractivity contribution >= 4 is 0 Å². The molecule has 0 aromatic heterocycles. The molecule has 0 aliphatic rings. The molecule has 1 atom stereocenters. The van der Waals surface area contributed by atoms with Crippen molar-refractivity contribution in [3.63, 3.8) is 0 Å². The minimum Gasteiger partial charge on any atom is -0.507 e. The van der Waals surface area contributed by atoms with Crippen molar-refractivity contribution in [2.24, 2.45) is 0 Å². The number of nitriles is 1. The number of benzene rings is 1. The number of aryl methyl sites for hydroxylation is 2. The Morgan fingerprint density at radius 2 is 1.93 bits per heavy atom. The number of phenolic OH excluding ortho intramolecular Hbond substituents is 1. The summed E-state index contributed by atoms with van der Waals surface area (Å²) in [6.07, 6.45) is 0. The molecule has 0 fully saturated rings. The summed E-state index contributed by atoms with van der Waals surface area (Å²) in [5.74, 6) is 0.312. The van der Waals surface area contributed by atoms with E-state index in [0.29, 0.717) is 5.75 Å². The second-order valence-electron chi connectivity index (χ2n) is 3.62. The molecule has 3 nitrogen and oxygen atoms in total. The van der Waals surface area contributed by atoms with Crippen LogP contribution in [-0.2, 0) is 0 Å². The van der Waals surface area contributed by atoms with Gasteiger partial charge in [0.05, 0.1) is 6.07 Å². The molecule has 1 aromatic carbocycles. The maximum atomic E-state index is 9.61. The SMILES string of the molecule is CCNC(C#N)c1cc(C)c(O)c(C)c1. The third-order valence-corrected chi connectivity index (χ3v) is 2.38. The van der Waals surface area contributed by atoms with E-state index in [0.717, 1.165) is 23.2 Å². The summed E-state index contributed by atoms with van der Waals surface area (Å²) in [6.45, 7) is 6.39. The quantitative estimate of drug-likeness (QED) is 0.793. The molecule has 3 heteroatoms. The summed E-state index contributed by atoms with van der Waals surface area (Å²) >= 11 is 0. The Balaban J connectivity index is 3.10. The zero-order valence-corrected chi connectivity index (χ0v) is 9.33. The largest absolute Gasteiger partial charge is 0.507 e. The Kier molecular flexibility index (Phi) is 3.70. The summed E-state index contributed by atoms with van der Waals surface area (Å²) in [5, 5.41) is 21.7. The Hall–Kier alpha value is -1.53. The highest BCUT2D eigenvalue weighted by Crippen LogP contribution is 2.25. The number of nitrogens with one attached hydrogen (secondary N) is 1. The summed E-state index contributed by atoms with van der Waals surface area (Å²) in [7, 11) is 0. The van der Waals surface area contributed by atoms with Gasteiger partial charge in [-0.15, -0.1) is 0 Å². The second-order valence-corrected chi connectivity index (χ2v) is 3.62. The van der Waals surface area contributed by atoms with E-state index in [-0.39, 0.29) is 6.04 Å². The molecule has 0 aliphatic carbocycles. The van der Waals surface area contributed by atoms with Gasteiger partial charge >= 0.3 is 0 Å². The van der Waals surface area contributed by atoms with Crippen molar-refractivity contribution in [2.75, 3.05) is 6.54 Å². The lowest BCUT2D eigenvalue weighted by molar-refractivity contribution is 0.466. The van der Waals surface area contributed by atoms with Gasteiger partial charge in [0, 0.05) is 0 Å². The van der Waals surface area contributed by atoms with Crippen LogP contribution in [0.2, 0.25) is 0 Å². The first-order valence-corrected chi connectivity index (χ1v) is 5.03. The van der Waals surface area contributed by atoms with Crippen molar-refractivity contribution in [1.82, 2.24) is 5.32 Å². The van der Waals surface area contributed by atoms with Crippen LogP contribution in [0.25, 0.3) is 0 Å². The third-order valence-electron chi connectivity index (χ3n) is 2.38. The Bertz CT molecular complexity index is 370. The zero-order chi connectivity index (χ0) is 11.4. The summed E-state index contributed by atoms with van der Waals surface area (Å²) < 4.78 is 0. The zero-order valence-electron chi connectivity index (χ0n) is 9.33. The van der Waals surface area contributed by atoms with E-state index in [1.165, 1.54) is 0 Å². The van der Waals surface area contributed by atoms with Crippen LogP contribution in [0, 0.1) is 25.2 Å². The molecule has 2 N–H and O–H groups in total. The minimum atomic E-state index is -0.298. The predicted molar refractivity (Wildman–Crippen MR) is 59.6 cm³/mol. The van der Waals surface area contributed by atoms with Crippen LogP contribution in [0.5, 0.6) is 5.75 Å². The van der Waals surface area contributed by atoms with Crippen LogP contribution in [0.15, 0.2) is 12.1 Å². The molecule has 0 amide bonds. The number of aromatic hydroxyl groups is 1. The van der Waals surface area contributed by atoms with Crippen LogP contribution in [-0.4, -0.2) is 11.7 Å². The number of hydrogen-bond donors (Lipinski definition) is 2. The van der Waals surface area contributed by atoms with Gasteiger partial charge in [-0.1, -0.05) is 6.92 Å². The van der Waals surface area contributed by atoms with Crippen molar-refractivity contribution in [2.45, 2.75) is 26.8 Å². The molecule has 0 saturated heterocycles. The van der Waals surface area contributed by atoms with Crippen molar-refractivity contribution in [1.29, 1.82) is 5.26 Å². The van der Waals surface area contributed by atoms with Gasteiger partial charge in [-0.3, -0.25) is 5.32 Å². The minimum absolute atomic E-state index is 0.298. The smallest absolute Gasteiger partial charge is 0.121 e. The Morgan fingerprint density at radius 3 is 2.33 bits per heavy atom. The van der Waals surface area contributed by atoms with Gasteiger partial charge in [0.2, 0.25) is 0 Å². The number of phenols is 1. The highest BCUT2D eigenvalue weighted by atomic mass is 16.3. The molecule has 0 saturated carbocycles. The van der Waals surface area contributed by atoms with Crippen molar-refractivity contribution < 1.29 is 5.11 Å². The highest BCUT2D eigenvalue weighted by Gasteiger charge is 2.11. The number of nitrogens with zero attached hydrogens (tertiary/aromatic N) is 1. The van der Waals surface area contributed by atoms with Crippen LogP contribution < -0.4 is 5.32 Å². The van der Waals surface area contributed by atoms with E-state index in [1.807, 2.05) is 32.9 Å². The first-order chi connectivity index (χ1) is 7.10. The van der Waals surface area contributed by atoms with Gasteiger partial charge in [-0.2, -0.15) is 5.26 Å². The van der Waals surface area contributed by atoms with E-state index in [4.69, 9.17) is 5.26 Å². The third kappa shape index (κ3) is 2.48. The topological polar surface area (TPSA) is 56.0 Å². The number of hydrogen-bond acceptors (Lipinski definition) is 3. The van der Waals surface area contributed by atoms with Crippen LogP contribution >= 0.6 is 0 Å². The van der Waals surface area contributed by atoms with E-state index >= 15 is 0 Å². The van der Waals surface area contributed by atoms with Crippen molar-refractivity contribution in [3.05, 3.63) is 28.8 Å². The first kappa shape index (κ1) is 11.5. The fourth-order valence-electron chi connectivity index (χ4n) is 1.60. The van der Waals surface area contributed by atoms with Gasteiger partial charge in [-0.05, 0) is 49.2 Å². The van der Waals surface area contributed by atoms with Gasteiger partial charge in [0.1, 0.15) is 11.8 Å². The standard InChI is InChI=1S/C12H16N2O/c1-4-14-11(7-13)10-5-8(2)12(15)9(3)6-10/h5-6,11,14-15H,4H2,1-3H3. The highest BCUT2D eigenvalue weighted by molar-refractivity contribution is 5.44.